The number of rotatable bonds is 7. The van der Waals surface area contributed by atoms with E-state index in [0.29, 0.717) is 0 Å². The third kappa shape index (κ3) is 5.68. The predicted molar refractivity (Wildman–Crippen MR) is 119 cm³/mol. The van der Waals surface area contributed by atoms with E-state index in [4.69, 9.17) is 4.74 Å². The topological polar surface area (TPSA) is 92.1 Å². The predicted octanol–water partition coefficient (Wildman–Crippen LogP) is 6.22. The molecule has 0 bridgehead atoms. The third-order valence-electron chi connectivity index (χ3n) is 4.96. The molecule has 13 heteroatoms. The summed E-state index contributed by atoms with van der Waals surface area (Å²) in [6, 6.07) is 3.43. The van der Waals surface area contributed by atoms with Crippen molar-refractivity contribution >= 4 is 51.4 Å². The Bertz CT molecular complexity index is 1010. The fourth-order valence-corrected chi connectivity index (χ4v) is 4.23. The van der Waals surface area contributed by atoms with Gasteiger partial charge in [-0.2, -0.15) is 13.2 Å². The molecule has 174 valence electrons. The van der Waals surface area contributed by atoms with Gasteiger partial charge in [0.15, 0.2) is 0 Å². The first-order valence-electron chi connectivity index (χ1n) is 9.90. The number of nitrogens with zero attached hydrogens (tertiary/aromatic N) is 5. The van der Waals surface area contributed by atoms with Crippen LogP contribution in [-0.4, -0.2) is 41.4 Å². The number of anilines is 2. The van der Waals surface area contributed by atoms with E-state index in [2.05, 4.69) is 43.9 Å². The van der Waals surface area contributed by atoms with Crippen LogP contribution < -0.4 is 9.62 Å². The maximum absolute atomic E-state index is 12.8. The highest BCUT2D eigenvalue weighted by molar-refractivity contribution is 8.01. The van der Waals surface area contributed by atoms with Gasteiger partial charge in [0, 0.05) is 18.8 Å². The van der Waals surface area contributed by atoms with Crippen LogP contribution in [0.25, 0.3) is 0 Å². The molecule has 1 aromatic carbocycles. The molecule has 0 radical (unpaired) electrons. The first kappa shape index (κ1) is 24.2. The molecular formula is C19H23F3N6O2S2. The Balaban J connectivity index is 1.99. The Labute approximate surface area is 191 Å². The molecule has 0 amide bonds. The van der Waals surface area contributed by atoms with Crippen molar-refractivity contribution in [3.63, 3.8) is 0 Å². The number of hydrogen-bond acceptors (Lipinski definition) is 10. The second kappa shape index (κ2) is 9.61. The van der Waals surface area contributed by atoms with Crippen LogP contribution >= 0.6 is 23.3 Å². The van der Waals surface area contributed by atoms with Crippen molar-refractivity contribution in [3.05, 3.63) is 22.7 Å². The fraction of sp³-hybridized carbons (Fsp3) is 0.526. The van der Waals surface area contributed by atoms with E-state index in [1.54, 1.807) is 19.1 Å². The van der Waals surface area contributed by atoms with Gasteiger partial charge < -0.3 is 14.4 Å². The zero-order chi connectivity index (χ0) is 23.5. The van der Waals surface area contributed by atoms with Crippen molar-refractivity contribution in [1.29, 1.82) is 0 Å². The van der Waals surface area contributed by atoms with Gasteiger partial charge in [-0.1, -0.05) is 25.2 Å². The lowest BCUT2D eigenvalue weighted by atomic mass is 9.77. The summed E-state index contributed by atoms with van der Waals surface area (Å²) in [6.07, 6.45) is 0.897. The molecule has 2 aromatic rings. The monoisotopic (exact) mass is 488 g/mol. The van der Waals surface area contributed by atoms with E-state index in [1.165, 1.54) is 0 Å². The van der Waals surface area contributed by atoms with Crippen molar-refractivity contribution in [2.75, 3.05) is 29.3 Å². The summed E-state index contributed by atoms with van der Waals surface area (Å²) in [6.45, 7) is 9.60. The Morgan fingerprint density at radius 3 is 2.72 bits per heavy atom. The molecule has 1 aliphatic rings. The van der Waals surface area contributed by atoms with Crippen molar-refractivity contribution in [1.82, 2.24) is 10.2 Å². The van der Waals surface area contributed by atoms with Gasteiger partial charge in [0.1, 0.15) is 5.69 Å². The van der Waals surface area contributed by atoms with Crippen LogP contribution in [0.5, 0.6) is 0 Å². The van der Waals surface area contributed by atoms with Crippen molar-refractivity contribution in [2.24, 2.45) is 10.2 Å². The van der Waals surface area contributed by atoms with Crippen LogP contribution in [0.4, 0.5) is 35.4 Å². The third-order valence-corrected chi connectivity index (χ3v) is 6.30. The summed E-state index contributed by atoms with van der Waals surface area (Å²) in [5, 5.41) is 15.8. The van der Waals surface area contributed by atoms with Gasteiger partial charge in [-0.05, 0) is 43.4 Å². The van der Waals surface area contributed by atoms with E-state index in [-0.39, 0.29) is 45.5 Å². The minimum atomic E-state index is -4.47. The van der Waals surface area contributed by atoms with Gasteiger partial charge in [0.2, 0.25) is 5.01 Å². The SMILES string of the molecule is CCOC(=O)c1nnc(N=Nc2cc3c(cc2NSC(F)(F)F)N(CC)CCC3(C)C)s1. The van der Waals surface area contributed by atoms with Gasteiger partial charge >= 0.3 is 11.5 Å². The summed E-state index contributed by atoms with van der Waals surface area (Å²) < 4.78 is 45.8. The first-order valence-corrected chi connectivity index (χ1v) is 11.5. The zero-order valence-electron chi connectivity index (χ0n) is 18.0. The molecule has 2 heterocycles. The number of ether oxygens (including phenoxy) is 1. The number of carbonyl (C=O) groups excluding carboxylic acids is 1. The fourth-order valence-electron chi connectivity index (χ4n) is 3.28. The highest BCUT2D eigenvalue weighted by Gasteiger charge is 2.33. The number of carbonyl (C=O) groups is 1. The lowest BCUT2D eigenvalue weighted by Gasteiger charge is -2.40. The Morgan fingerprint density at radius 1 is 1.31 bits per heavy atom. The zero-order valence-corrected chi connectivity index (χ0v) is 19.6. The molecule has 8 nitrogen and oxygen atoms in total. The first-order chi connectivity index (χ1) is 15.0. The minimum absolute atomic E-state index is 0.0249. The summed E-state index contributed by atoms with van der Waals surface area (Å²) >= 11 is 0.524. The van der Waals surface area contributed by atoms with Gasteiger partial charge in [-0.15, -0.1) is 20.4 Å². The summed E-state index contributed by atoms with van der Waals surface area (Å²) in [4.78, 5) is 13.9. The molecular weight excluding hydrogens is 465 g/mol. The number of halogens is 3. The number of nitrogens with one attached hydrogen (secondary N) is 1. The van der Waals surface area contributed by atoms with Crippen molar-refractivity contribution in [3.8, 4) is 0 Å². The van der Waals surface area contributed by atoms with E-state index in [1.807, 2.05) is 6.92 Å². The van der Waals surface area contributed by atoms with E-state index in [0.717, 1.165) is 42.1 Å². The average Bonchev–Trinajstić information content (AvgIpc) is 3.20. The summed E-state index contributed by atoms with van der Waals surface area (Å²) in [7, 11) is 0. The number of azo groups is 1. The van der Waals surface area contributed by atoms with Crippen LogP contribution in [0, 0.1) is 0 Å². The number of alkyl halides is 3. The normalized spacial score (nSPS) is 15.7. The lowest BCUT2D eigenvalue weighted by molar-refractivity contribution is -0.0323. The quantitative estimate of drug-likeness (QED) is 0.281. The molecule has 0 fully saturated rings. The van der Waals surface area contributed by atoms with E-state index in [9.17, 15) is 18.0 Å². The summed E-state index contributed by atoms with van der Waals surface area (Å²) in [5.74, 6) is -0.620. The van der Waals surface area contributed by atoms with Crippen molar-refractivity contribution in [2.45, 2.75) is 45.0 Å². The van der Waals surface area contributed by atoms with E-state index < -0.39 is 11.5 Å². The molecule has 32 heavy (non-hydrogen) atoms. The highest BCUT2D eigenvalue weighted by Crippen LogP contribution is 2.46. The maximum atomic E-state index is 12.8. The van der Waals surface area contributed by atoms with Crippen molar-refractivity contribution < 1.29 is 22.7 Å². The molecule has 1 aromatic heterocycles. The Morgan fingerprint density at radius 2 is 2.06 bits per heavy atom. The molecule has 0 spiro atoms. The second-order valence-electron chi connectivity index (χ2n) is 7.56. The average molecular weight is 489 g/mol. The largest absolute Gasteiger partial charge is 0.461 e. The molecule has 0 saturated carbocycles. The smallest absolute Gasteiger partial charge is 0.461 e. The maximum Gasteiger partial charge on any atom is 0.461 e. The highest BCUT2D eigenvalue weighted by atomic mass is 32.2. The molecule has 0 saturated heterocycles. The second-order valence-corrected chi connectivity index (χ2v) is 9.39. The van der Waals surface area contributed by atoms with Gasteiger partial charge in [-0.25, -0.2) is 4.79 Å². The molecule has 1 aliphatic heterocycles. The molecule has 3 rings (SSSR count). The number of benzene rings is 1. The van der Waals surface area contributed by atoms with E-state index >= 15 is 0 Å². The number of hydrogen-bond donors (Lipinski definition) is 1. The Hall–Kier alpha value is -2.41. The number of fused-ring (bicyclic) bond motifs is 1. The Kier molecular flexibility index (Phi) is 7.28. The van der Waals surface area contributed by atoms with Crippen LogP contribution in [0.15, 0.2) is 22.4 Å². The number of esters is 1. The number of aromatic nitrogens is 2. The lowest BCUT2D eigenvalue weighted by Crippen LogP contribution is -2.37. The molecule has 1 N–H and O–H groups in total. The standard InChI is InChI=1S/C19H23F3N6O2S2/c1-5-28-8-7-18(3,4)11-9-12(13(10-14(11)28)27-32-19(20,21)22)23-25-17-26-24-15(31-17)16(29)30-6-2/h9-10,27H,5-8H2,1-4H3. The molecule has 0 atom stereocenters. The minimum Gasteiger partial charge on any atom is -0.461 e. The molecule has 0 unspecified atom stereocenters. The van der Waals surface area contributed by atoms with Gasteiger partial charge in [-0.3, -0.25) is 0 Å². The van der Waals surface area contributed by atoms with Crippen LogP contribution in [0.1, 0.15) is 49.5 Å². The summed E-state index contributed by atoms with van der Waals surface area (Å²) in [5.41, 5.74) is -2.39. The van der Waals surface area contributed by atoms with Crippen LogP contribution in [-0.2, 0) is 10.2 Å². The van der Waals surface area contributed by atoms with Crippen LogP contribution in [0.3, 0.4) is 0 Å². The molecule has 0 aliphatic carbocycles. The van der Waals surface area contributed by atoms with Crippen LogP contribution in [0.2, 0.25) is 0 Å². The van der Waals surface area contributed by atoms with Gasteiger partial charge in [0.05, 0.1) is 24.2 Å². The van der Waals surface area contributed by atoms with Gasteiger partial charge in [0.25, 0.3) is 5.13 Å².